The molecule has 124 valence electrons. The maximum Gasteiger partial charge on any atom is 0.355 e. The lowest BCUT2D eigenvalue weighted by atomic mass is 10.1. The Hall–Kier alpha value is -3.15. The standard InChI is InChI=1S/C18H17NO5/c1-12(20)13-7-9-14(10-8-13)19-11-5-4-6-15(17(21)23-2)16(19)18(22)24-3/h4-11H,1-3H3. The minimum atomic E-state index is -0.678. The highest BCUT2D eigenvalue weighted by Gasteiger charge is 2.27. The number of nitrogens with zero attached hydrogens (tertiary/aromatic N) is 1. The van der Waals surface area contributed by atoms with Crippen LogP contribution in [-0.4, -0.2) is 31.9 Å². The number of carbonyl (C=O) groups excluding carboxylic acids is 3. The van der Waals surface area contributed by atoms with Gasteiger partial charge >= 0.3 is 11.9 Å². The van der Waals surface area contributed by atoms with Crippen LogP contribution in [0, 0.1) is 0 Å². The fraction of sp³-hybridized carbons (Fsp3) is 0.167. The van der Waals surface area contributed by atoms with E-state index < -0.39 is 11.9 Å². The summed E-state index contributed by atoms with van der Waals surface area (Å²) in [5, 5.41) is 0. The van der Waals surface area contributed by atoms with Crippen molar-refractivity contribution in [1.82, 2.24) is 0 Å². The molecule has 2 rings (SSSR count). The average molecular weight is 327 g/mol. The summed E-state index contributed by atoms with van der Waals surface area (Å²) in [5.41, 5.74) is 1.25. The van der Waals surface area contributed by atoms with Gasteiger partial charge in [-0.25, -0.2) is 9.59 Å². The van der Waals surface area contributed by atoms with Crippen LogP contribution in [-0.2, 0) is 19.1 Å². The van der Waals surface area contributed by atoms with Gasteiger partial charge in [-0.2, -0.15) is 0 Å². The number of ether oxygens (including phenoxy) is 2. The topological polar surface area (TPSA) is 72.9 Å². The minimum absolute atomic E-state index is 0.0323. The molecule has 1 heterocycles. The molecule has 0 radical (unpaired) electrons. The van der Waals surface area contributed by atoms with Crippen molar-refractivity contribution >= 4 is 23.4 Å². The van der Waals surface area contributed by atoms with Gasteiger partial charge in [0.05, 0.1) is 19.8 Å². The van der Waals surface area contributed by atoms with Gasteiger partial charge in [0.25, 0.3) is 0 Å². The first-order valence-corrected chi connectivity index (χ1v) is 7.15. The van der Waals surface area contributed by atoms with E-state index >= 15 is 0 Å². The molecule has 24 heavy (non-hydrogen) atoms. The molecule has 0 amide bonds. The second-order valence-corrected chi connectivity index (χ2v) is 4.92. The van der Waals surface area contributed by atoms with Gasteiger partial charge in [-0.05, 0) is 43.3 Å². The van der Waals surface area contributed by atoms with Gasteiger partial charge < -0.3 is 14.4 Å². The SMILES string of the molecule is COC(=O)C1=C(C(=O)OC)N(c2ccc(C(C)=O)cc2)C=CC=C1. The second-order valence-electron chi connectivity index (χ2n) is 4.92. The van der Waals surface area contributed by atoms with E-state index in [0.29, 0.717) is 11.3 Å². The number of rotatable bonds is 4. The summed E-state index contributed by atoms with van der Waals surface area (Å²) in [6.07, 6.45) is 6.41. The molecule has 1 aliphatic rings. The van der Waals surface area contributed by atoms with Crippen LogP contribution in [0.1, 0.15) is 17.3 Å². The second kappa shape index (κ2) is 7.41. The highest BCUT2D eigenvalue weighted by atomic mass is 16.5. The summed E-state index contributed by atoms with van der Waals surface area (Å²) in [7, 11) is 2.47. The number of ketones is 1. The van der Waals surface area contributed by atoms with Crippen molar-refractivity contribution in [2.45, 2.75) is 6.92 Å². The third-order valence-corrected chi connectivity index (χ3v) is 3.44. The zero-order valence-corrected chi connectivity index (χ0v) is 13.6. The fourth-order valence-corrected chi connectivity index (χ4v) is 2.22. The Labute approximate surface area is 139 Å². The maximum absolute atomic E-state index is 12.3. The van der Waals surface area contributed by atoms with E-state index in [2.05, 4.69) is 0 Å². The van der Waals surface area contributed by atoms with Crippen LogP contribution < -0.4 is 4.90 Å². The number of anilines is 1. The molecule has 1 aliphatic heterocycles. The normalized spacial score (nSPS) is 13.5. The lowest BCUT2D eigenvalue weighted by molar-refractivity contribution is -0.139. The highest BCUT2D eigenvalue weighted by Crippen LogP contribution is 2.26. The van der Waals surface area contributed by atoms with Crippen LogP contribution in [0.25, 0.3) is 0 Å². The summed E-state index contributed by atoms with van der Waals surface area (Å²) in [6, 6.07) is 6.67. The first-order valence-electron chi connectivity index (χ1n) is 7.15. The number of carbonyl (C=O) groups is 3. The van der Waals surface area contributed by atoms with E-state index in [0.717, 1.165) is 0 Å². The molecule has 6 heteroatoms. The molecular weight excluding hydrogens is 310 g/mol. The van der Waals surface area contributed by atoms with Gasteiger partial charge in [-0.15, -0.1) is 0 Å². The Morgan fingerprint density at radius 3 is 2.08 bits per heavy atom. The molecule has 0 saturated heterocycles. The van der Waals surface area contributed by atoms with E-state index in [-0.39, 0.29) is 17.1 Å². The van der Waals surface area contributed by atoms with Gasteiger partial charge in [0.1, 0.15) is 5.70 Å². The van der Waals surface area contributed by atoms with Crippen molar-refractivity contribution in [3.63, 3.8) is 0 Å². The number of hydrogen-bond donors (Lipinski definition) is 0. The largest absolute Gasteiger partial charge is 0.465 e. The molecule has 0 bridgehead atoms. The van der Waals surface area contributed by atoms with E-state index in [1.807, 2.05) is 0 Å². The Morgan fingerprint density at radius 2 is 1.54 bits per heavy atom. The molecule has 1 aromatic rings. The number of benzene rings is 1. The van der Waals surface area contributed by atoms with Gasteiger partial charge in [-0.1, -0.05) is 6.08 Å². The highest BCUT2D eigenvalue weighted by molar-refractivity contribution is 6.05. The molecule has 1 aromatic carbocycles. The predicted octanol–water partition coefficient (Wildman–Crippen LogP) is 2.38. The monoisotopic (exact) mass is 327 g/mol. The zero-order chi connectivity index (χ0) is 17.7. The number of hydrogen-bond acceptors (Lipinski definition) is 6. The predicted molar refractivity (Wildman–Crippen MR) is 88.3 cm³/mol. The first kappa shape index (κ1) is 17.2. The van der Waals surface area contributed by atoms with Crippen LogP contribution in [0.4, 0.5) is 5.69 Å². The van der Waals surface area contributed by atoms with Crippen molar-refractivity contribution < 1.29 is 23.9 Å². The Bertz CT molecular complexity index is 756. The molecular formula is C18H17NO5. The van der Waals surface area contributed by atoms with Crippen LogP contribution in [0.15, 0.2) is 60.0 Å². The molecule has 0 atom stereocenters. The summed E-state index contributed by atoms with van der Waals surface area (Å²) in [5.74, 6) is -1.39. The number of allylic oxidation sites excluding steroid dienone is 2. The van der Waals surface area contributed by atoms with Gasteiger partial charge in [-0.3, -0.25) is 4.79 Å². The Balaban J connectivity index is 2.58. The van der Waals surface area contributed by atoms with Crippen LogP contribution >= 0.6 is 0 Å². The number of Topliss-reactive ketones (excluding diaryl/α,β-unsaturated/α-hetero) is 1. The van der Waals surface area contributed by atoms with Crippen LogP contribution in [0.3, 0.4) is 0 Å². The summed E-state index contributed by atoms with van der Waals surface area (Å²) < 4.78 is 9.57. The summed E-state index contributed by atoms with van der Waals surface area (Å²) >= 11 is 0. The molecule has 0 aromatic heterocycles. The zero-order valence-electron chi connectivity index (χ0n) is 13.6. The fourth-order valence-electron chi connectivity index (χ4n) is 2.22. The minimum Gasteiger partial charge on any atom is -0.465 e. The first-order chi connectivity index (χ1) is 11.5. The maximum atomic E-state index is 12.3. The third kappa shape index (κ3) is 3.43. The van der Waals surface area contributed by atoms with Crippen molar-refractivity contribution in [1.29, 1.82) is 0 Å². The van der Waals surface area contributed by atoms with Crippen LogP contribution in [0.5, 0.6) is 0 Å². The van der Waals surface area contributed by atoms with Crippen molar-refractivity contribution in [2.75, 3.05) is 19.1 Å². The molecule has 0 N–H and O–H groups in total. The average Bonchev–Trinajstić information content (AvgIpc) is 2.83. The van der Waals surface area contributed by atoms with Crippen LogP contribution in [0.2, 0.25) is 0 Å². The lowest BCUT2D eigenvalue weighted by Gasteiger charge is -2.23. The Morgan fingerprint density at radius 1 is 0.917 bits per heavy atom. The van der Waals surface area contributed by atoms with E-state index in [4.69, 9.17) is 9.47 Å². The summed E-state index contributed by atoms with van der Waals surface area (Å²) in [4.78, 5) is 37.2. The molecule has 0 unspecified atom stereocenters. The Kier molecular flexibility index (Phi) is 5.31. The molecule has 6 nitrogen and oxygen atoms in total. The van der Waals surface area contributed by atoms with E-state index in [9.17, 15) is 14.4 Å². The van der Waals surface area contributed by atoms with Gasteiger partial charge in [0, 0.05) is 17.5 Å². The van der Waals surface area contributed by atoms with E-state index in [1.54, 1.807) is 42.6 Å². The molecule has 0 saturated carbocycles. The van der Waals surface area contributed by atoms with E-state index in [1.165, 1.54) is 32.1 Å². The smallest absolute Gasteiger partial charge is 0.355 e. The number of methoxy groups -OCH3 is 2. The van der Waals surface area contributed by atoms with Crippen molar-refractivity contribution in [2.24, 2.45) is 0 Å². The quantitative estimate of drug-likeness (QED) is 0.624. The number of esters is 2. The van der Waals surface area contributed by atoms with Gasteiger partial charge in [0.15, 0.2) is 5.78 Å². The third-order valence-electron chi connectivity index (χ3n) is 3.44. The van der Waals surface area contributed by atoms with Gasteiger partial charge in [0.2, 0.25) is 0 Å². The summed E-state index contributed by atoms with van der Waals surface area (Å²) in [6.45, 7) is 1.47. The molecule has 0 aliphatic carbocycles. The van der Waals surface area contributed by atoms with Crippen molar-refractivity contribution in [3.8, 4) is 0 Å². The molecule has 0 fully saturated rings. The lowest BCUT2D eigenvalue weighted by Crippen LogP contribution is -2.26. The molecule has 0 spiro atoms. The van der Waals surface area contributed by atoms with Crippen molar-refractivity contribution in [3.05, 3.63) is 65.5 Å².